The molecule has 1 aromatic heterocycles. The van der Waals surface area contributed by atoms with E-state index >= 15 is 0 Å². The Morgan fingerprint density at radius 3 is 2.52 bits per heavy atom. The molecule has 150 valence electrons. The van der Waals surface area contributed by atoms with Crippen LogP contribution in [0, 0.1) is 0 Å². The summed E-state index contributed by atoms with van der Waals surface area (Å²) in [6.07, 6.45) is 1.87. The first-order chi connectivity index (χ1) is 14.3. The van der Waals surface area contributed by atoms with Crippen LogP contribution < -0.4 is 15.0 Å². The molecule has 6 nitrogen and oxygen atoms in total. The predicted octanol–water partition coefficient (Wildman–Crippen LogP) is 3.14. The number of nitrogens with one attached hydrogen (secondary N) is 1. The molecule has 2 heterocycles. The smallest absolute Gasteiger partial charge is 0.194 e. The number of piperazine rings is 1. The van der Waals surface area contributed by atoms with Crippen LogP contribution in [-0.4, -0.2) is 56.2 Å². The van der Waals surface area contributed by atoms with Crippen molar-refractivity contribution in [3.8, 4) is 5.75 Å². The van der Waals surface area contributed by atoms with Crippen molar-refractivity contribution >= 4 is 22.4 Å². The van der Waals surface area contributed by atoms with Crippen molar-refractivity contribution in [1.82, 2.24) is 15.2 Å². The van der Waals surface area contributed by atoms with Gasteiger partial charge in [0.2, 0.25) is 0 Å². The maximum Gasteiger partial charge on any atom is 0.194 e. The molecular formula is C23H27N5O. The number of methoxy groups -OCH3 is 1. The first-order valence-corrected chi connectivity index (χ1v) is 9.95. The normalized spacial score (nSPS) is 14.9. The number of hydrogen-bond acceptors (Lipinski definition) is 4. The van der Waals surface area contributed by atoms with E-state index in [0.717, 1.165) is 43.6 Å². The Kier molecular flexibility index (Phi) is 5.79. The van der Waals surface area contributed by atoms with Gasteiger partial charge in [0.25, 0.3) is 0 Å². The number of fused-ring (bicyclic) bond motifs is 1. The van der Waals surface area contributed by atoms with E-state index in [1.165, 1.54) is 16.5 Å². The van der Waals surface area contributed by atoms with Crippen LogP contribution in [0.15, 0.2) is 65.8 Å². The quantitative estimate of drug-likeness (QED) is 0.549. The minimum absolute atomic E-state index is 0.659. The largest absolute Gasteiger partial charge is 0.497 e. The predicted molar refractivity (Wildman–Crippen MR) is 119 cm³/mol. The molecule has 6 heteroatoms. The molecule has 0 radical (unpaired) electrons. The van der Waals surface area contributed by atoms with Crippen LogP contribution in [0.2, 0.25) is 0 Å². The Labute approximate surface area is 171 Å². The third-order valence-corrected chi connectivity index (χ3v) is 5.40. The number of guanidine groups is 1. The molecule has 2 aromatic carbocycles. The number of hydrogen-bond donors (Lipinski definition) is 1. The first kappa shape index (κ1) is 19.1. The average molecular weight is 390 g/mol. The number of rotatable bonds is 4. The lowest BCUT2D eigenvalue weighted by Gasteiger charge is -2.37. The van der Waals surface area contributed by atoms with Gasteiger partial charge >= 0.3 is 0 Å². The summed E-state index contributed by atoms with van der Waals surface area (Å²) in [6.45, 7) is 4.43. The standard InChI is InChI=1S/C23H27N5O/c1-24-23(26-17-22-21-6-4-3-5-18(21)11-12-25-22)28-15-13-27(14-16-28)19-7-9-20(29-2)10-8-19/h3-12H,13-17H2,1-2H3,(H,24,26). The zero-order valence-electron chi connectivity index (χ0n) is 17.0. The molecule has 0 unspecified atom stereocenters. The average Bonchev–Trinajstić information content (AvgIpc) is 2.80. The molecule has 1 fully saturated rings. The van der Waals surface area contributed by atoms with Gasteiger partial charge in [0, 0.05) is 50.5 Å². The maximum atomic E-state index is 5.25. The second-order valence-corrected chi connectivity index (χ2v) is 7.05. The molecule has 0 amide bonds. The molecule has 1 aliphatic heterocycles. The van der Waals surface area contributed by atoms with Crippen molar-refractivity contribution in [1.29, 1.82) is 0 Å². The van der Waals surface area contributed by atoms with Gasteiger partial charge in [0.15, 0.2) is 5.96 Å². The summed E-state index contributed by atoms with van der Waals surface area (Å²) >= 11 is 0. The van der Waals surface area contributed by atoms with Crippen LogP contribution in [0.4, 0.5) is 5.69 Å². The Bertz CT molecular complexity index is 973. The van der Waals surface area contributed by atoms with Crippen molar-refractivity contribution in [2.45, 2.75) is 6.54 Å². The summed E-state index contributed by atoms with van der Waals surface area (Å²) in [5.41, 5.74) is 2.27. The van der Waals surface area contributed by atoms with E-state index in [0.29, 0.717) is 6.54 Å². The number of nitrogens with zero attached hydrogens (tertiary/aromatic N) is 4. The van der Waals surface area contributed by atoms with E-state index < -0.39 is 0 Å². The van der Waals surface area contributed by atoms with Gasteiger partial charge in [-0.1, -0.05) is 24.3 Å². The van der Waals surface area contributed by atoms with Crippen molar-refractivity contribution in [3.05, 3.63) is 66.5 Å². The second-order valence-electron chi connectivity index (χ2n) is 7.05. The minimum Gasteiger partial charge on any atom is -0.497 e. The maximum absolute atomic E-state index is 5.25. The van der Waals surface area contributed by atoms with Crippen molar-refractivity contribution < 1.29 is 4.74 Å². The Hall–Kier alpha value is -3.28. The van der Waals surface area contributed by atoms with Crippen LogP contribution in [-0.2, 0) is 6.54 Å². The van der Waals surface area contributed by atoms with Gasteiger partial charge in [0.1, 0.15) is 5.75 Å². The van der Waals surface area contributed by atoms with Gasteiger partial charge in [-0.15, -0.1) is 0 Å². The monoisotopic (exact) mass is 389 g/mol. The minimum atomic E-state index is 0.659. The van der Waals surface area contributed by atoms with Crippen LogP contribution in [0.3, 0.4) is 0 Å². The van der Waals surface area contributed by atoms with E-state index in [1.807, 2.05) is 31.4 Å². The van der Waals surface area contributed by atoms with Gasteiger partial charge in [0.05, 0.1) is 19.3 Å². The molecule has 0 aliphatic carbocycles. The molecule has 3 aromatic rings. The number of ether oxygens (including phenoxy) is 1. The summed E-state index contributed by atoms with van der Waals surface area (Å²) in [5, 5.41) is 5.89. The van der Waals surface area contributed by atoms with Crippen molar-refractivity contribution in [2.75, 3.05) is 45.2 Å². The van der Waals surface area contributed by atoms with E-state index in [2.05, 4.69) is 61.5 Å². The molecule has 1 aliphatic rings. The van der Waals surface area contributed by atoms with E-state index in [1.54, 1.807) is 7.11 Å². The lowest BCUT2D eigenvalue weighted by molar-refractivity contribution is 0.372. The fourth-order valence-corrected chi connectivity index (χ4v) is 3.79. The van der Waals surface area contributed by atoms with E-state index in [9.17, 15) is 0 Å². The van der Waals surface area contributed by atoms with Gasteiger partial charge in [-0.05, 0) is 35.7 Å². The lowest BCUT2D eigenvalue weighted by atomic mass is 10.1. The summed E-state index contributed by atoms with van der Waals surface area (Å²) in [6, 6.07) is 18.7. The molecule has 4 rings (SSSR count). The zero-order chi connectivity index (χ0) is 20.1. The summed E-state index contributed by atoms with van der Waals surface area (Å²) < 4.78 is 5.25. The Morgan fingerprint density at radius 2 is 1.79 bits per heavy atom. The lowest BCUT2D eigenvalue weighted by Crippen LogP contribution is -2.52. The molecule has 0 saturated carbocycles. The van der Waals surface area contributed by atoms with Gasteiger partial charge in [-0.25, -0.2) is 0 Å². The van der Waals surface area contributed by atoms with Crippen LogP contribution in [0.1, 0.15) is 5.69 Å². The molecule has 1 N–H and O–H groups in total. The fraction of sp³-hybridized carbons (Fsp3) is 0.304. The first-order valence-electron chi connectivity index (χ1n) is 9.95. The molecule has 1 saturated heterocycles. The third-order valence-electron chi connectivity index (χ3n) is 5.40. The molecule has 0 spiro atoms. The summed E-state index contributed by atoms with van der Waals surface area (Å²) in [7, 11) is 3.54. The number of aliphatic imine (C=N–C) groups is 1. The number of pyridine rings is 1. The van der Waals surface area contributed by atoms with Gasteiger partial charge < -0.3 is 19.9 Å². The second kappa shape index (κ2) is 8.82. The summed E-state index contributed by atoms with van der Waals surface area (Å²) in [4.78, 5) is 13.8. The summed E-state index contributed by atoms with van der Waals surface area (Å²) in [5.74, 6) is 1.81. The highest BCUT2D eigenvalue weighted by molar-refractivity contribution is 5.85. The third kappa shape index (κ3) is 4.26. The topological polar surface area (TPSA) is 53.0 Å². The van der Waals surface area contributed by atoms with E-state index in [-0.39, 0.29) is 0 Å². The SMILES string of the molecule is CN=C(NCc1nccc2ccccc12)N1CCN(c2ccc(OC)cc2)CC1. The van der Waals surface area contributed by atoms with Gasteiger partial charge in [-0.2, -0.15) is 0 Å². The van der Waals surface area contributed by atoms with Crippen LogP contribution in [0.25, 0.3) is 10.8 Å². The van der Waals surface area contributed by atoms with Crippen molar-refractivity contribution in [3.63, 3.8) is 0 Å². The fourth-order valence-electron chi connectivity index (χ4n) is 3.79. The number of aromatic nitrogens is 1. The highest BCUT2D eigenvalue weighted by Crippen LogP contribution is 2.21. The zero-order valence-corrected chi connectivity index (χ0v) is 17.0. The number of benzene rings is 2. The molecular weight excluding hydrogens is 362 g/mol. The van der Waals surface area contributed by atoms with Crippen molar-refractivity contribution in [2.24, 2.45) is 4.99 Å². The van der Waals surface area contributed by atoms with E-state index in [4.69, 9.17) is 4.74 Å². The highest BCUT2D eigenvalue weighted by Gasteiger charge is 2.20. The Morgan fingerprint density at radius 1 is 1.03 bits per heavy atom. The Balaban J connectivity index is 1.36. The van der Waals surface area contributed by atoms with Crippen LogP contribution in [0.5, 0.6) is 5.75 Å². The van der Waals surface area contributed by atoms with Gasteiger partial charge in [-0.3, -0.25) is 9.98 Å². The van der Waals surface area contributed by atoms with Crippen LogP contribution >= 0.6 is 0 Å². The number of anilines is 1. The molecule has 0 atom stereocenters. The highest BCUT2D eigenvalue weighted by atomic mass is 16.5. The molecule has 29 heavy (non-hydrogen) atoms. The molecule has 0 bridgehead atoms.